The van der Waals surface area contributed by atoms with E-state index in [0.717, 1.165) is 6.07 Å². The van der Waals surface area contributed by atoms with Gasteiger partial charge in [-0.3, -0.25) is 0 Å². The van der Waals surface area contributed by atoms with Crippen molar-refractivity contribution in [3.8, 4) is 5.75 Å². The van der Waals surface area contributed by atoms with E-state index >= 15 is 0 Å². The van der Waals surface area contributed by atoms with E-state index in [0.29, 0.717) is 11.1 Å². The molecule has 0 aliphatic heterocycles. The van der Waals surface area contributed by atoms with E-state index in [1.807, 2.05) is 0 Å². The molecule has 2 rings (SSSR count). The molecule has 0 amide bonds. The maximum absolute atomic E-state index is 13.4. The summed E-state index contributed by atoms with van der Waals surface area (Å²) in [7, 11) is 7.10. The molecule has 0 saturated carbocycles. The number of hydrogen-bond donors (Lipinski definition) is 0. The summed E-state index contributed by atoms with van der Waals surface area (Å²) in [6.45, 7) is 0. The smallest absolute Gasteiger partial charge is 0.166 e. The zero-order chi connectivity index (χ0) is 11.0. The van der Waals surface area contributed by atoms with Crippen molar-refractivity contribution in [2.75, 3.05) is 7.11 Å². The maximum atomic E-state index is 13.4. The highest BCUT2D eigenvalue weighted by atomic mass is 19.2. The van der Waals surface area contributed by atoms with Crippen molar-refractivity contribution >= 4 is 24.1 Å². The van der Waals surface area contributed by atoms with Crippen LogP contribution in [0.25, 0.3) is 10.8 Å². The standard InChI is InChI=1S/C11H7BF2O/c1-15-7-4-6-2-3-9(13)11(14)10(6)8(12)5-7/h2-5H,1H3. The Kier molecular flexibility index (Phi) is 2.35. The molecular weight excluding hydrogens is 197 g/mol. The normalized spacial score (nSPS) is 10.6. The predicted molar refractivity (Wildman–Crippen MR) is 55.8 cm³/mol. The zero-order valence-corrected chi connectivity index (χ0v) is 8.05. The summed E-state index contributed by atoms with van der Waals surface area (Å²) < 4.78 is 31.3. The summed E-state index contributed by atoms with van der Waals surface area (Å²) in [5.74, 6) is -1.31. The average Bonchev–Trinajstić information content (AvgIpc) is 2.23. The molecule has 0 aromatic heterocycles. The van der Waals surface area contributed by atoms with Gasteiger partial charge in [-0.15, -0.1) is 0 Å². The molecule has 74 valence electrons. The minimum absolute atomic E-state index is 0.0933. The molecule has 0 atom stereocenters. The Morgan fingerprint density at radius 3 is 2.60 bits per heavy atom. The van der Waals surface area contributed by atoms with Crippen molar-refractivity contribution in [2.24, 2.45) is 0 Å². The Morgan fingerprint density at radius 1 is 1.20 bits per heavy atom. The van der Waals surface area contributed by atoms with Crippen LogP contribution >= 0.6 is 0 Å². The van der Waals surface area contributed by atoms with E-state index in [1.54, 1.807) is 6.07 Å². The fraction of sp³-hybridized carbons (Fsp3) is 0.0909. The number of benzene rings is 2. The molecule has 0 aliphatic carbocycles. The average molecular weight is 204 g/mol. The van der Waals surface area contributed by atoms with Gasteiger partial charge >= 0.3 is 0 Å². The molecule has 4 heteroatoms. The Balaban J connectivity index is 2.85. The lowest BCUT2D eigenvalue weighted by Crippen LogP contribution is -2.07. The van der Waals surface area contributed by atoms with Crippen molar-refractivity contribution in [1.82, 2.24) is 0 Å². The molecule has 1 nitrogen and oxygen atoms in total. The molecule has 2 aromatic carbocycles. The largest absolute Gasteiger partial charge is 0.497 e. The molecule has 2 aromatic rings. The number of hydrogen-bond acceptors (Lipinski definition) is 1. The summed E-state index contributed by atoms with van der Waals surface area (Å²) in [6, 6.07) is 5.60. The summed E-state index contributed by atoms with van der Waals surface area (Å²) in [5.41, 5.74) is 0.168. The molecule has 0 bridgehead atoms. The molecule has 0 heterocycles. The van der Waals surface area contributed by atoms with Crippen LogP contribution in [-0.2, 0) is 0 Å². The third-order valence-corrected chi connectivity index (χ3v) is 2.25. The number of rotatable bonds is 1. The SMILES string of the molecule is [B]c1cc(OC)cc2ccc(F)c(F)c12. The van der Waals surface area contributed by atoms with Crippen molar-refractivity contribution in [2.45, 2.75) is 0 Å². The van der Waals surface area contributed by atoms with Crippen molar-refractivity contribution in [3.63, 3.8) is 0 Å². The van der Waals surface area contributed by atoms with Crippen LogP contribution in [0, 0.1) is 11.6 Å². The quantitative estimate of drug-likeness (QED) is 0.644. The fourth-order valence-electron chi connectivity index (χ4n) is 1.52. The first-order valence-corrected chi connectivity index (χ1v) is 4.34. The van der Waals surface area contributed by atoms with Crippen LogP contribution in [0.5, 0.6) is 5.75 Å². The second-order valence-electron chi connectivity index (χ2n) is 3.18. The first kappa shape index (κ1) is 9.96. The van der Waals surface area contributed by atoms with Crippen molar-refractivity contribution < 1.29 is 13.5 Å². The monoisotopic (exact) mass is 204 g/mol. The van der Waals surface area contributed by atoms with Gasteiger partial charge in [0.2, 0.25) is 0 Å². The van der Waals surface area contributed by atoms with Crippen LogP contribution in [-0.4, -0.2) is 15.0 Å². The highest BCUT2D eigenvalue weighted by Crippen LogP contribution is 2.22. The van der Waals surface area contributed by atoms with Gasteiger partial charge < -0.3 is 4.74 Å². The van der Waals surface area contributed by atoms with E-state index < -0.39 is 11.6 Å². The Hall–Kier alpha value is -1.58. The second kappa shape index (κ2) is 3.53. The predicted octanol–water partition coefficient (Wildman–Crippen LogP) is 1.92. The lowest BCUT2D eigenvalue weighted by Gasteiger charge is -2.07. The highest BCUT2D eigenvalue weighted by molar-refractivity contribution is 6.39. The molecule has 0 aliphatic rings. The third-order valence-electron chi connectivity index (χ3n) is 2.25. The van der Waals surface area contributed by atoms with Crippen LogP contribution in [0.2, 0.25) is 0 Å². The van der Waals surface area contributed by atoms with Crippen LogP contribution < -0.4 is 10.2 Å². The van der Waals surface area contributed by atoms with Gasteiger partial charge in [0.05, 0.1) is 7.11 Å². The first-order chi connectivity index (χ1) is 7.13. The van der Waals surface area contributed by atoms with Gasteiger partial charge in [-0.1, -0.05) is 11.5 Å². The Labute approximate surface area is 87.1 Å². The lowest BCUT2D eigenvalue weighted by molar-refractivity contribution is 0.415. The van der Waals surface area contributed by atoms with Gasteiger partial charge in [-0.2, -0.15) is 0 Å². The van der Waals surface area contributed by atoms with E-state index in [4.69, 9.17) is 12.6 Å². The van der Waals surface area contributed by atoms with E-state index in [2.05, 4.69) is 0 Å². The van der Waals surface area contributed by atoms with Gasteiger partial charge in [0.25, 0.3) is 0 Å². The summed E-state index contributed by atoms with van der Waals surface area (Å²) in [4.78, 5) is 0. The third kappa shape index (κ3) is 1.56. The summed E-state index contributed by atoms with van der Waals surface area (Å²) >= 11 is 0. The summed E-state index contributed by atoms with van der Waals surface area (Å²) in [6.07, 6.45) is 0. The molecule has 15 heavy (non-hydrogen) atoms. The fourth-order valence-corrected chi connectivity index (χ4v) is 1.52. The number of halogens is 2. The van der Waals surface area contributed by atoms with Gasteiger partial charge in [0, 0.05) is 5.39 Å². The summed E-state index contributed by atoms with van der Waals surface area (Å²) in [5, 5.41) is 0.613. The van der Waals surface area contributed by atoms with Crippen molar-refractivity contribution in [3.05, 3.63) is 35.9 Å². The van der Waals surface area contributed by atoms with Gasteiger partial charge in [-0.25, -0.2) is 8.78 Å². The first-order valence-electron chi connectivity index (χ1n) is 4.34. The highest BCUT2D eigenvalue weighted by Gasteiger charge is 2.10. The second-order valence-corrected chi connectivity index (χ2v) is 3.18. The molecule has 0 spiro atoms. The van der Waals surface area contributed by atoms with Gasteiger partial charge in [0.15, 0.2) is 11.6 Å². The lowest BCUT2D eigenvalue weighted by atomic mass is 9.89. The van der Waals surface area contributed by atoms with Gasteiger partial charge in [0.1, 0.15) is 13.6 Å². The van der Waals surface area contributed by atoms with Gasteiger partial charge in [-0.05, 0) is 23.6 Å². The zero-order valence-electron chi connectivity index (χ0n) is 8.05. The number of fused-ring (bicyclic) bond motifs is 1. The van der Waals surface area contributed by atoms with Crippen molar-refractivity contribution in [1.29, 1.82) is 0 Å². The number of methoxy groups -OCH3 is 1. The molecule has 0 saturated heterocycles. The Morgan fingerprint density at radius 2 is 1.93 bits per heavy atom. The molecule has 0 N–H and O–H groups in total. The number of ether oxygens (including phenoxy) is 1. The molecular formula is C11H7BF2O. The van der Waals surface area contributed by atoms with Crippen LogP contribution in [0.15, 0.2) is 24.3 Å². The minimum Gasteiger partial charge on any atom is -0.497 e. The van der Waals surface area contributed by atoms with E-state index in [-0.39, 0.29) is 10.8 Å². The van der Waals surface area contributed by atoms with E-state index in [9.17, 15) is 8.78 Å². The van der Waals surface area contributed by atoms with Crippen LogP contribution in [0.4, 0.5) is 8.78 Å². The minimum atomic E-state index is -0.923. The maximum Gasteiger partial charge on any atom is 0.166 e. The topological polar surface area (TPSA) is 9.23 Å². The van der Waals surface area contributed by atoms with E-state index in [1.165, 1.54) is 19.2 Å². The molecule has 0 unspecified atom stereocenters. The molecule has 2 radical (unpaired) electrons. The van der Waals surface area contributed by atoms with Crippen LogP contribution in [0.1, 0.15) is 0 Å². The Bertz CT molecular complexity index is 525. The van der Waals surface area contributed by atoms with Crippen LogP contribution in [0.3, 0.4) is 0 Å². The molecule has 0 fully saturated rings.